The molecule has 29 heavy (non-hydrogen) atoms. The average molecular weight is 399 g/mol. The molecule has 0 aliphatic carbocycles. The van der Waals surface area contributed by atoms with Crippen molar-refractivity contribution in [1.29, 1.82) is 0 Å². The maximum atomic E-state index is 13.6. The Morgan fingerprint density at radius 3 is 2.59 bits per heavy atom. The van der Waals surface area contributed by atoms with Crippen LogP contribution >= 0.6 is 0 Å². The van der Waals surface area contributed by atoms with E-state index in [1.807, 2.05) is 0 Å². The van der Waals surface area contributed by atoms with Gasteiger partial charge < -0.3 is 20.1 Å². The SMILES string of the molecule is COc1cccc(/C=C2/NC(=O)N(CC(=O)Nc3ccccc3F)C2=O)c1OC. The van der Waals surface area contributed by atoms with E-state index in [-0.39, 0.29) is 11.4 Å². The third-order valence-electron chi connectivity index (χ3n) is 4.15. The van der Waals surface area contributed by atoms with Crippen LogP contribution in [-0.4, -0.2) is 43.5 Å². The smallest absolute Gasteiger partial charge is 0.329 e. The van der Waals surface area contributed by atoms with Crippen LogP contribution in [0.2, 0.25) is 0 Å². The summed E-state index contributed by atoms with van der Waals surface area (Å²) in [6.07, 6.45) is 1.43. The van der Waals surface area contributed by atoms with Crippen molar-refractivity contribution in [3.05, 3.63) is 59.5 Å². The van der Waals surface area contributed by atoms with Crippen LogP contribution in [-0.2, 0) is 9.59 Å². The number of nitrogens with one attached hydrogen (secondary N) is 2. The fourth-order valence-electron chi connectivity index (χ4n) is 2.79. The van der Waals surface area contributed by atoms with Crippen molar-refractivity contribution in [3.63, 3.8) is 0 Å². The number of ether oxygens (including phenoxy) is 2. The molecule has 1 aliphatic heterocycles. The quantitative estimate of drug-likeness (QED) is 0.574. The second kappa shape index (κ2) is 8.42. The van der Waals surface area contributed by atoms with Gasteiger partial charge in [0.25, 0.3) is 5.91 Å². The average Bonchev–Trinajstić information content (AvgIpc) is 2.96. The van der Waals surface area contributed by atoms with Gasteiger partial charge in [0, 0.05) is 5.56 Å². The molecule has 4 amide bonds. The first kappa shape index (κ1) is 19.9. The standard InChI is InChI=1S/C20H18FN3O5/c1-28-16-9-5-6-12(18(16)29-2)10-15-19(26)24(20(27)23-15)11-17(25)22-14-8-4-3-7-13(14)21/h3-10H,11H2,1-2H3,(H,22,25)(H,23,27)/b15-10+. The van der Waals surface area contributed by atoms with E-state index >= 15 is 0 Å². The monoisotopic (exact) mass is 399 g/mol. The number of benzene rings is 2. The summed E-state index contributed by atoms with van der Waals surface area (Å²) in [5, 5.41) is 4.75. The van der Waals surface area contributed by atoms with Crippen molar-refractivity contribution < 1.29 is 28.2 Å². The molecule has 2 aromatic rings. The molecule has 0 aromatic heterocycles. The molecule has 2 aromatic carbocycles. The minimum Gasteiger partial charge on any atom is -0.493 e. The number of urea groups is 1. The molecule has 0 spiro atoms. The predicted octanol–water partition coefficient (Wildman–Crippen LogP) is 2.37. The number of carbonyl (C=O) groups excluding carboxylic acids is 3. The number of carbonyl (C=O) groups is 3. The van der Waals surface area contributed by atoms with Gasteiger partial charge in [0.2, 0.25) is 5.91 Å². The first-order valence-electron chi connectivity index (χ1n) is 8.54. The zero-order valence-corrected chi connectivity index (χ0v) is 15.7. The number of rotatable bonds is 6. The molecule has 150 valence electrons. The predicted molar refractivity (Wildman–Crippen MR) is 103 cm³/mol. The Morgan fingerprint density at radius 1 is 1.14 bits per heavy atom. The number of methoxy groups -OCH3 is 2. The molecule has 8 nitrogen and oxygen atoms in total. The summed E-state index contributed by atoms with van der Waals surface area (Å²) in [4.78, 5) is 37.6. The summed E-state index contributed by atoms with van der Waals surface area (Å²) in [6, 6.07) is 9.91. The van der Waals surface area contributed by atoms with Crippen LogP contribution in [0.1, 0.15) is 5.56 Å². The van der Waals surface area contributed by atoms with Crippen LogP contribution in [0, 0.1) is 5.82 Å². The van der Waals surface area contributed by atoms with E-state index in [0.29, 0.717) is 17.1 Å². The Balaban J connectivity index is 1.77. The molecular weight excluding hydrogens is 381 g/mol. The summed E-state index contributed by atoms with van der Waals surface area (Å²) in [5.74, 6) is -1.17. The molecule has 1 fully saturated rings. The van der Waals surface area contributed by atoms with Gasteiger partial charge in [-0.25, -0.2) is 14.1 Å². The third-order valence-corrected chi connectivity index (χ3v) is 4.15. The van der Waals surface area contributed by atoms with Crippen LogP contribution in [0.3, 0.4) is 0 Å². The zero-order chi connectivity index (χ0) is 21.0. The summed E-state index contributed by atoms with van der Waals surface area (Å²) in [6.45, 7) is -0.564. The number of hydrogen-bond acceptors (Lipinski definition) is 5. The van der Waals surface area contributed by atoms with Gasteiger partial charge in [-0.05, 0) is 24.3 Å². The van der Waals surface area contributed by atoms with Crippen LogP contribution in [0.4, 0.5) is 14.9 Å². The highest BCUT2D eigenvalue weighted by Gasteiger charge is 2.35. The van der Waals surface area contributed by atoms with Crippen LogP contribution < -0.4 is 20.1 Å². The molecule has 9 heteroatoms. The molecule has 1 aliphatic rings. The van der Waals surface area contributed by atoms with Crippen LogP contribution in [0.15, 0.2) is 48.2 Å². The maximum absolute atomic E-state index is 13.6. The number of amides is 4. The summed E-state index contributed by atoms with van der Waals surface area (Å²) >= 11 is 0. The number of imide groups is 1. The second-order valence-electron chi connectivity index (χ2n) is 5.99. The highest BCUT2D eigenvalue weighted by Crippen LogP contribution is 2.32. The van der Waals surface area contributed by atoms with Gasteiger partial charge in [-0.2, -0.15) is 0 Å². The summed E-state index contributed by atoms with van der Waals surface area (Å²) < 4.78 is 24.2. The largest absolute Gasteiger partial charge is 0.493 e. The lowest BCUT2D eigenvalue weighted by molar-refractivity contribution is -0.127. The molecule has 0 radical (unpaired) electrons. The first-order valence-corrected chi connectivity index (χ1v) is 8.54. The molecule has 3 rings (SSSR count). The normalized spacial score (nSPS) is 14.7. The molecule has 0 bridgehead atoms. The molecule has 0 saturated carbocycles. The lowest BCUT2D eigenvalue weighted by Crippen LogP contribution is -2.38. The Kier molecular flexibility index (Phi) is 5.77. The Morgan fingerprint density at radius 2 is 1.90 bits per heavy atom. The minimum absolute atomic E-state index is 0.0276. The van der Waals surface area contributed by atoms with Crippen molar-refractivity contribution >= 4 is 29.6 Å². The maximum Gasteiger partial charge on any atom is 0.329 e. The van der Waals surface area contributed by atoms with Gasteiger partial charge in [0.15, 0.2) is 11.5 Å². The van der Waals surface area contributed by atoms with E-state index in [2.05, 4.69) is 10.6 Å². The Labute approximate surface area is 165 Å². The molecule has 0 unspecified atom stereocenters. The third kappa shape index (κ3) is 4.18. The van der Waals surface area contributed by atoms with Gasteiger partial charge >= 0.3 is 6.03 Å². The zero-order valence-electron chi connectivity index (χ0n) is 15.7. The molecule has 1 heterocycles. The fourth-order valence-corrected chi connectivity index (χ4v) is 2.79. The number of nitrogens with zero attached hydrogens (tertiary/aromatic N) is 1. The van der Waals surface area contributed by atoms with E-state index in [1.54, 1.807) is 24.3 Å². The Bertz CT molecular complexity index is 1010. The van der Waals surface area contributed by atoms with Gasteiger partial charge in [-0.1, -0.05) is 24.3 Å². The van der Waals surface area contributed by atoms with E-state index < -0.39 is 30.2 Å². The van der Waals surface area contributed by atoms with Crippen LogP contribution in [0.5, 0.6) is 11.5 Å². The molecule has 0 atom stereocenters. The summed E-state index contributed by atoms with van der Waals surface area (Å²) in [7, 11) is 2.93. The van der Waals surface area contributed by atoms with Crippen LogP contribution in [0.25, 0.3) is 6.08 Å². The van der Waals surface area contributed by atoms with Crippen molar-refractivity contribution in [2.45, 2.75) is 0 Å². The van der Waals surface area contributed by atoms with Gasteiger partial charge in [-0.15, -0.1) is 0 Å². The lowest BCUT2D eigenvalue weighted by Gasteiger charge is -2.12. The van der Waals surface area contributed by atoms with Crippen molar-refractivity contribution in [2.75, 3.05) is 26.1 Å². The number of anilines is 1. The molecule has 2 N–H and O–H groups in total. The van der Waals surface area contributed by atoms with Crippen molar-refractivity contribution in [1.82, 2.24) is 10.2 Å². The topological polar surface area (TPSA) is 97.0 Å². The Hall–Kier alpha value is -3.88. The second-order valence-corrected chi connectivity index (χ2v) is 5.99. The molecular formula is C20H18FN3O5. The highest BCUT2D eigenvalue weighted by atomic mass is 19.1. The van der Waals surface area contributed by atoms with E-state index in [9.17, 15) is 18.8 Å². The summed E-state index contributed by atoms with van der Waals surface area (Å²) in [5.41, 5.74) is 0.440. The first-order chi connectivity index (χ1) is 13.9. The number of halogens is 1. The van der Waals surface area contributed by atoms with Crippen molar-refractivity contribution in [2.24, 2.45) is 0 Å². The number of hydrogen-bond donors (Lipinski definition) is 2. The minimum atomic E-state index is -0.758. The highest BCUT2D eigenvalue weighted by molar-refractivity contribution is 6.16. The van der Waals surface area contributed by atoms with Gasteiger partial charge in [-0.3, -0.25) is 9.59 Å². The van der Waals surface area contributed by atoms with Crippen molar-refractivity contribution in [3.8, 4) is 11.5 Å². The van der Waals surface area contributed by atoms with Gasteiger partial charge in [0.1, 0.15) is 18.1 Å². The number of para-hydroxylation sites is 2. The van der Waals surface area contributed by atoms with E-state index in [1.165, 1.54) is 38.5 Å². The fraction of sp³-hybridized carbons (Fsp3) is 0.150. The van der Waals surface area contributed by atoms with E-state index in [0.717, 1.165) is 4.90 Å². The van der Waals surface area contributed by atoms with Gasteiger partial charge in [0.05, 0.1) is 19.9 Å². The molecule has 1 saturated heterocycles. The lowest BCUT2D eigenvalue weighted by atomic mass is 10.1. The van der Waals surface area contributed by atoms with E-state index in [4.69, 9.17) is 9.47 Å².